The van der Waals surface area contributed by atoms with E-state index in [2.05, 4.69) is 10.3 Å². The Morgan fingerprint density at radius 3 is 2.73 bits per heavy atom. The van der Waals surface area contributed by atoms with Crippen LogP contribution in [0.5, 0.6) is 0 Å². The maximum Gasteiger partial charge on any atom is 0.144 e. The van der Waals surface area contributed by atoms with Crippen LogP contribution < -0.4 is 11.1 Å². The van der Waals surface area contributed by atoms with E-state index < -0.39 is 6.04 Å². The van der Waals surface area contributed by atoms with Gasteiger partial charge in [-0.25, -0.2) is 4.98 Å². The summed E-state index contributed by atoms with van der Waals surface area (Å²) in [5, 5.41) is 29.2. The summed E-state index contributed by atoms with van der Waals surface area (Å²) in [4.78, 5) is 3.90. The van der Waals surface area contributed by atoms with Gasteiger partial charge in [-0.05, 0) is 6.07 Å². The number of nitrogen functional groups attached to an aromatic ring is 1. The number of aromatic nitrogens is 1. The lowest BCUT2D eigenvalue weighted by Crippen LogP contribution is -2.28. The highest BCUT2D eigenvalue weighted by Gasteiger charge is 2.10. The Bertz CT molecular complexity index is 371. The number of pyridine rings is 1. The van der Waals surface area contributed by atoms with Crippen LogP contribution in [-0.4, -0.2) is 34.5 Å². The van der Waals surface area contributed by atoms with Gasteiger partial charge >= 0.3 is 0 Å². The zero-order chi connectivity index (χ0) is 11.3. The topological polar surface area (TPSA) is 115 Å². The van der Waals surface area contributed by atoms with Crippen molar-refractivity contribution in [2.75, 3.05) is 24.3 Å². The third-order valence-corrected chi connectivity index (χ3v) is 1.81. The molecule has 0 aliphatic carbocycles. The summed E-state index contributed by atoms with van der Waals surface area (Å²) in [7, 11) is 0. The molecule has 0 aliphatic rings. The van der Waals surface area contributed by atoms with E-state index in [0.29, 0.717) is 11.5 Å². The van der Waals surface area contributed by atoms with Gasteiger partial charge in [-0.2, -0.15) is 5.26 Å². The Morgan fingerprint density at radius 1 is 1.53 bits per heavy atom. The smallest absolute Gasteiger partial charge is 0.144 e. The first-order chi connectivity index (χ1) is 7.21. The summed E-state index contributed by atoms with van der Waals surface area (Å²) in [5.74, 6) is 0.305. The largest absolute Gasteiger partial charge is 0.397 e. The van der Waals surface area contributed by atoms with Gasteiger partial charge in [0, 0.05) is 0 Å². The molecule has 1 aromatic heterocycles. The summed E-state index contributed by atoms with van der Waals surface area (Å²) in [6, 6.07) is 2.86. The lowest BCUT2D eigenvalue weighted by atomic mass is 10.2. The second-order valence-corrected chi connectivity index (χ2v) is 2.98. The first kappa shape index (κ1) is 11.2. The van der Waals surface area contributed by atoms with Crippen LogP contribution in [0.1, 0.15) is 5.56 Å². The van der Waals surface area contributed by atoms with Crippen LogP contribution in [0.3, 0.4) is 0 Å². The molecule has 0 unspecified atom stereocenters. The van der Waals surface area contributed by atoms with Gasteiger partial charge in [0.25, 0.3) is 0 Å². The van der Waals surface area contributed by atoms with Crippen LogP contribution >= 0.6 is 0 Å². The van der Waals surface area contributed by atoms with Crippen molar-refractivity contribution in [2.45, 2.75) is 6.04 Å². The molecule has 80 valence electrons. The van der Waals surface area contributed by atoms with E-state index in [9.17, 15) is 0 Å². The molecule has 0 spiro atoms. The molecule has 0 atom stereocenters. The van der Waals surface area contributed by atoms with E-state index in [0.717, 1.165) is 0 Å². The quantitative estimate of drug-likeness (QED) is 0.520. The molecule has 1 heterocycles. The summed E-state index contributed by atoms with van der Waals surface area (Å²) >= 11 is 0. The fourth-order valence-electron chi connectivity index (χ4n) is 1.02. The minimum absolute atomic E-state index is 0.243. The molecule has 1 rings (SSSR count). The van der Waals surface area contributed by atoms with Crippen LogP contribution in [0.4, 0.5) is 11.5 Å². The molecule has 0 amide bonds. The lowest BCUT2D eigenvalue weighted by Gasteiger charge is -2.14. The van der Waals surface area contributed by atoms with E-state index in [1.165, 1.54) is 12.3 Å². The van der Waals surface area contributed by atoms with Gasteiger partial charge in [-0.3, -0.25) is 0 Å². The van der Waals surface area contributed by atoms with Gasteiger partial charge in [0.2, 0.25) is 0 Å². The zero-order valence-electron chi connectivity index (χ0n) is 8.01. The third kappa shape index (κ3) is 2.80. The standard InChI is InChI=1S/C9H12N4O2/c10-2-6-1-7(11)3-12-9(6)13-8(4-14)5-15/h1,3,8,14-15H,4-5,11H2,(H,12,13). The van der Waals surface area contributed by atoms with E-state index >= 15 is 0 Å². The maximum atomic E-state index is 8.85. The van der Waals surface area contributed by atoms with Crippen LogP contribution in [0.15, 0.2) is 12.3 Å². The SMILES string of the molecule is N#Cc1cc(N)cnc1NC(CO)CO. The van der Waals surface area contributed by atoms with Crippen molar-refractivity contribution in [1.82, 2.24) is 4.98 Å². The number of nitrogens with two attached hydrogens (primary N) is 1. The molecule has 6 nitrogen and oxygen atoms in total. The number of nitrogens with zero attached hydrogens (tertiary/aromatic N) is 2. The monoisotopic (exact) mass is 208 g/mol. The number of hydrogen-bond donors (Lipinski definition) is 4. The molecule has 0 fully saturated rings. The molecular formula is C9H12N4O2. The van der Waals surface area contributed by atoms with E-state index in [-0.39, 0.29) is 18.8 Å². The number of rotatable bonds is 4. The highest BCUT2D eigenvalue weighted by Crippen LogP contribution is 2.14. The van der Waals surface area contributed by atoms with Crippen LogP contribution in [0, 0.1) is 11.3 Å². The van der Waals surface area contributed by atoms with Crippen molar-refractivity contribution in [1.29, 1.82) is 5.26 Å². The second-order valence-electron chi connectivity index (χ2n) is 2.98. The molecule has 6 heteroatoms. The van der Waals surface area contributed by atoms with Gasteiger partial charge < -0.3 is 21.3 Å². The first-order valence-corrected chi connectivity index (χ1v) is 4.35. The molecule has 5 N–H and O–H groups in total. The Balaban J connectivity index is 2.90. The van der Waals surface area contributed by atoms with Crippen molar-refractivity contribution in [3.05, 3.63) is 17.8 Å². The Labute approximate surface area is 87.0 Å². The summed E-state index contributed by atoms with van der Waals surface area (Å²) in [6.45, 7) is -0.485. The van der Waals surface area contributed by atoms with Crippen LogP contribution in [0.2, 0.25) is 0 Å². The molecule has 0 saturated heterocycles. The Morgan fingerprint density at radius 2 is 2.20 bits per heavy atom. The molecule has 0 bridgehead atoms. The summed E-state index contributed by atoms with van der Waals surface area (Å²) < 4.78 is 0. The summed E-state index contributed by atoms with van der Waals surface area (Å²) in [5.41, 5.74) is 6.13. The number of nitrogens with one attached hydrogen (secondary N) is 1. The maximum absolute atomic E-state index is 8.85. The van der Waals surface area contributed by atoms with Crippen LogP contribution in [0.25, 0.3) is 0 Å². The molecule has 0 aliphatic heterocycles. The normalized spacial score (nSPS) is 10.0. The molecule has 1 aromatic rings. The van der Waals surface area contributed by atoms with Crippen molar-refractivity contribution in [3.8, 4) is 6.07 Å². The molecular weight excluding hydrogens is 196 g/mol. The second kappa shape index (κ2) is 5.14. The highest BCUT2D eigenvalue weighted by atomic mass is 16.3. The van der Waals surface area contributed by atoms with Crippen molar-refractivity contribution in [2.24, 2.45) is 0 Å². The minimum atomic E-state index is -0.534. The highest BCUT2D eigenvalue weighted by molar-refractivity contribution is 5.57. The number of anilines is 2. The van der Waals surface area contributed by atoms with Gasteiger partial charge in [0.1, 0.15) is 11.9 Å². The third-order valence-electron chi connectivity index (χ3n) is 1.81. The number of aliphatic hydroxyl groups is 2. The van der Waals surface area contributed by atoms with E-state index in [4.69, 9.17) is 21.2 Å². The van der Waals surface area contributed by atoms with Crippen molar-refractivity contribution in [3.63, 3.8) is 0 Å². The Hall–Kier alpha value is -1.84. The predicted octanol–water partition coefficient (Wildman–Crippen LogP) is -0.699. The average molecular weight is 208 g/mol. The fraction of sp³-hybridized carbons (Fsp3) is 0.333. The first-order valence-electron chi connectivity index (χ1n) is 4.35. The van der Waals surface area contributed by atoms with Gasteiger partial charge in [-0.15, -0.1) is 0 Å². The minimum Gasteiger partial charge on any atom is -0.397 e. The van der Waals surface area contributed by atoms with Crippen LogP contribution in [-0.2, 0) is 0 Å². The molecule has 0 radical (unpaired) electrons. The number of nitriles is 1. The Kier molecular flexibility index (Phi) is 3.85. The lowest BCUT2D eigenvalue weighted by molar-refractivity contribution is 0.203. The number of aliphatic hydroxyl groups excluding tert-OH is 2. The van der Waals surface area contributed by atoms with Gasteiger partial charge in [0.05, 0.1) is 36.7 Å². The predicted molar refractivity (Wildman–Crippen MR) is 54.9 cm³/mol. The molecule has 15 heavy (non-hydrogen) atoms. The fourth-order valence-corrected chi connectivity index (χ4v) is 1.02. The average Bonchev–Trinajstić information content (AvgIpc) is 2.27. The molecule has 0 aromatic carbocycles. The van der Waals surface area contributed by atoms with E-state index in [1.807, 2.05) is 6.07 Å². The van der Waals surface area contributed by atoms with Gasteiger partial charge in [-0.1, -0.05) is 0 Å². The number of hydrogen-bond acceptors (Lipinski definition) is 6. The van der Waals surface area contributed by atoms with Crippen molar-refractivity contribution >= 4 is 11.5 Å². The summed E-state index contributed by atoms with van der Waals surface area (Å²) in [6.07, 6.45) is 1.40. The molecule has 0 saturated carbocycles. The van der Waals surface area contributed by atoms with E-state index in [1.54, 1.807) is 0 Å². The van der Waals surface area contributed by atoms with Gasteiger partial charge in [0.15, 0.2) is 0 Å². The zero-order valence-corrected chi connectivity index (χ0v) is 8.01. The van der Waals surface area contributed by atoms with Crippen molar-refractivity contribution < 1.29 is 10.2 Å².